The number of hydroxylamine groups is 1. The van der Waals surface area contributed by atoms with Crippen LogP contribution in [-0.4, -0.2) is 37.9 Å². The van der Waals surface area contributed by atoms with Gasteiger partial charge >= 0.3 is 6.18 Å². The Morgan fingerprint density at radius 2 is 1.87 bits per heavy atom. The molecule has 11 heteroatoms. The van der Waals surface area contributed by atoms with Gasteiger partial charge < -0.3 is 5.21 Å². The monoisotopic (exact) mass is 465 g/mol. The van der Waals surface area contributed by atoms with Gasteiger partial charge in [0.25, 0.3) is 0 Å². The Kier molecular flexibility index (Phi) is 5.15. The summed E-state index contributed by atoms with van der Waals surface area (Å²) in [4.78, 5) is 3.81. The number of aromatic nitrogens is 3. The first-order chi connectivity index (χ1) is 14.6. The highest BCUT2D eigenvalue weighted by Gasteiger charge is 2.63. The van der Waals surface area contributed by atoms with Gasteiger partial charge in [0.15, 0.2) is 17.7 Å². The largest absolute Gasteiger partial charge is 0.624 e. The molecule has 0 aliphatic carbocycles. The van der Waals surface area contributed by atoms with E-state index in [0.29, 0.717) is 10.4 Å². The van der Waals surface area contributed by atoms with Gasteiger partial charge in [-0.15, -0.1) is 0 Å². The number of nitriles is 1. The molecule has 2 aromatic carbocycles. The summed E-state index contributed by atoms with van der Waals surface area (Å²) in [5.41, 5.74) is -2.02. The molecule has 1 aliphatic rings. The van der Waals surface area contributed by atoms with E-state index in [1.165, 1.54) is 53.7 Å². The summed E-state index contributed by atoms with van der Waals surface area (Å²) in [5, 5.41) is 26.2. The van der Waals surface area contributed by atoms with E-state index >= 15 is 0 Å². The predicted octanol–water partition coefficient (Wildman–Crippen LogP) is 4.65. The minimum Gasteiger partial charge on any atom is -0.624 e. The van der Waals surface area contributed by atoms with E-state index in [2.05, 4.69) is 10.1 Å². The molecular weight excluding hydrogens is 454 g/mol. The van der Waals surface area contributed by atoms with Crippen LogP contribution in [0.4, 0.5) is 13.2 Å². The molecule has 158 valence electrons. The first-order valence-electron chi connectivity index (χ1n) is 8.88. The highest BCUT2D eigenvalue weighted by atomic mass is 35.5. The minimum absolute atomic E-state index is 0.0426. The quantitative estimate of drug-likeness (QED) is 0.416. The smallest absolute Gasteiger partial charge is 0.405 e. The fourth-order valence-electron chi connectivity index (χ4n) is 3.73. The summed E-state index contributed by atoms with van der Waals surface area (Å²) >= 11 is 11.9. The standard InChI is InChI=1S/C20H12Cl2F3N5O/c21-15-4-14(5-16(22)6-15)19(20(23,24)25)7-18(30(31)9-19)12-1-2-17(13(3-12)8-26)29-11-27-10-28-29/h1-6,10-11H,7,9H2. The van der Waals surface area contributed by atoms with Gasteiger partial charge in [0.1, 0.15) is 18.7 Å². The van der Waals surface area contributed by atoms with Crippen molar-refractivity contribution < 1.29 is 17.9 Å². The van der Waals surface area contributed by atoms with E-state index in [0.717, 1.165) is 0 Å². The van der Waals surface area contributed by atoms with E-state index in [4.69, 9.17) is 23.2 Å². The fraction of sp³-hybridized carbons (Fsp3) is 0.200. The zero-order valence-corrected chi connectivity index (χ0v) is 17.1. The van der Waals surface area contributed by atoms with Crippen LogP contribution in [0.3, 0.4) is 0 Å². The van der Waals surface area contributed by atoms with Crippen molar-refractivity contribution >= 4 is 28.9 Å². The number of hydrogen-bond donors (Lipinski definition) is 0. The SMILES string of the molecule is N#Cc1cc(C2=[N+]([O-])CC(c3cc(Cl)cc(Cl)c3)(C(F)(F)F)C2)ccc1-n1cncn1. The topological polar surface area (TPSA) is 80.6 Å². The van der Waals surface area contributed by atoms with Gasteiger partial charge in [-0.25, -0.2) is 14.4 Å². The minimum atomic E-state index is -4.75. The molecule has 0 saturated carbocycles. The number of halogens is 5. The Morgan fingerprint density at radius 3 is 2.45 bits per heavy atom. The third-order valence-electron chi connectivity index (χ3n) is 5.26. The zero-order chi connectivity index (χ0) is 22.4. The van der Waals surface area contributed by atoms with Crippen LogP contribution in [0.2, 0.25) is 10.0 Å². The highest BCUT2D eigenvalue weighted by molar-refractivity contribution is 6.34. The van der Waals surface area contributed by atoms with Crippen molar-refractivity contribution in [3.63, 3.8) is 0 Å². The van der Waals surface area contributed by atoms with Crippen molar-refractivity contribution in [3.05, 3.63) is 81.0 Å². The van der Waals surface area contributed by atoms with E-state index in [1.807, 2.05) is 6.07 Å². The van der Waals surface area contributed by atoms with Crippen molar-refractivity contribution in [2.45, 2.75) is 18.0 Å². The molecule has 1 aliphatic heterocycles. The molecule has 3 aromatic rings. The van der Waals surface area contributed by atoms with E-state index in [-0.39, 0.29) is 32.4 Å². The normalized spacial score (nSPS) is 19.0. The van der Waals surface area contributed by atoms with Crippen LogP contribution < -0.4 is 0 Å². The van der Waals surface area contributed by atoms with Crippen LogP contribution in [-0.2, 0) is 5.41 Å². The van der Waals surface area contributed by atoms with Crippen LogP contribution in [0, 0.1) is 16.5 Å². The molecule has 0 fully saturated rings. The second-order valence-electron chi connectivity index (χ2n) is 7.08. The van der Waals surface area contributed by atoms with Crippen LogP contribution in [0.25, 0.3) is 5.69 Å². The van der Waals surface area contributed by atoms with Crippen molar-refractivity contribution in [2.75, 3.05) is 6.54 Å². The first kappa shape index (κ1) is 21.2. The number of benzene rings is 2. The summed E-state index contributed by atoms with van der Waals surface area (Å²) in [6.45, 7) is -0.852. The Bertz CT molecular complexity index is 1210. The average molecular weight is 466 g/mol. The van der Waals surface area contributed by atoms with Crippen molar-refractivity contribution in [2.24, 2.45) is 0 Å². The fourth-order valence-corrected chi connectivity index (χ4v) is 4.26. The molecule has 1 unspecified atom stereocenters. The molecule has 0 N–H and O–H groups in total. The average Bonchev–Trinajstić information content (AvgIpc) is 3.35. The Hall–Kier alpha value is -3.09. The third kappa shape index (κ3) is 3.62. The van der Waals surface area contributed by atoms with Gasteiger partial charge in [0.05, 0.1) is 17.7 Å². The molecule has 0 spiro atoms. The second kappa shape index (κ2) is 7.55. The van der Waals surface area contributed by atoms with Crippen molar-refractivity contribution in [1.82, 2.24) is 14.8 Å². The maximum atomic E-state index is 14.3. The lowest BCUT2D eigenvalue weighted by atomic mass is 9.76. The molecule has 0 radical (unpaired) electrons. The predicted molar refractivity (Wildman–Crippen MR) is 107 cm³/mol. The molecule has 4 rings (SSSR count). The van der Waals surface area contributed by atoms with Crippen LogP contribution in [0.5, 0.6) is 0 Å². The second-order valence-corrected chi connectivity index (χ2v) is 7.95. The summed E-state index contributed by atoms with van der Waals surface area (Å²) in [7, 11) is 0. The molecule has 1 aromatic heterocycles. The van der Waals surface area contributed by atoms with E-state index in [1.54, 1.807) is 0 Å². The van der Waals surface area contributed by atoms with Crippen LogP contribution >= 0.6 is 23.2 Å². The lowest BCUT2D eigenvalue weighted by Gasteiger charge is -2.29. The van der Waals surface area contributed by atoms with Gasteiger partial charge in [0.2, 0.25) is 0 Å². The molecule has 31 heavy (non-hydrogen) atoms. The number of alkyl halides is 3. The number of hydrogen-bond acceptors (Lipinski definition) is 4. The summed E-state index contributed by atoms with van der Waals surface area (Å²) < 4.78 is 44.5. The van der Waals surface area contributed by atoms with Crippen LogP contribution in [0.1, 0.15) is 23.1 Å². The highest BCUT2D eigenvalue weighted by Crippen LogP contribution is 2.48. The van der Waals surface area contributed by atoms with Gasteiger partial charge in [-0.3, -0.25) is 0 Å². The summed E-state index contributed by atoms with van der Waals surface area (Å²) in [6, 6.07) is 10.0. The summed E-state index contributed by atoms with van der Waals surface area (Å²) in [5.74, 6) is 0. The molecule has 0 amide bonds. The summed E-state index contributed by atoms with van der Waals surface area (Å²) in [6.07, 6.45) is -2.70. The van der Waals surface area contributed by atoms with Gasteiger partial charge in [-0.1, -0.05) is 23.2 Å². The van der Waals surface area contributed by atoms with Crippen molar-refractivity contribution in [1.29, 1.82) is 5.26 Å². The van der Waals surface area contributed by atoms with Gasteiger partial charge in [-0.05, 0) is 42.0 Å². The Morgan fingerprint density at radius 1 is 1.16 bits per heavy atom. The molecule has 0 saturated heterocycles. The maximum Gasteiger partial charge on any atom is 0.405 e. The number of nitrogens with zero attached hydrogens (tertiary/aromatic N) is 5. The van der Waals surface area contributed by atoms with Crippen LogP contribution in [0.15, 0.2) is 49.1 Å². The lowest BCUT2D eigenvalue weighted by Crippen LogP contribution is -2.45. The third-order valence-corrected chi connectivity index (χ3v) is 5.69. The molecule has 2 heterocycles. The van der Waals surface area contributed by atoms with E-state index < -0.39 is 24.6 Å². The molecule has 6 nitrogen and oxygen atoms in total. The molecular formula is C20H12Cl2F3N5O. The zero-order valence-electron chi connectivity index (χ0n) is 15.6. The molecule has 0 bridgehead atoms. The number of rotatable bonds is 3. The van der Waals surface area contributed by atoms with Gasteiger partial charge in [-0.2, -0.15) is 23.5 Å². The van der Waals surface area contributed by atoms with Gasteiger partial charge in [0, 0.05) is 15.6 Å². The lowest BCUT2D eigenvalue weighted by molar-refractivity contribution is -0.465. The van der Waals surface area contributed by atoms with E-state index in [9.17, 15) is 23.6 Å². The maximum absolute atomic E-state index is 14.3. The molecule has 1 atom stereocenters. The van der Waals surface area contributed by atoms with Crippen molar-refractivity contribution in [3.8, 4) is 11.8 Å². The Balaban J connectivity index is 1.79. The Labute approximate surface area is 184 Å². The first-order valence-corrected chi connectivity index (χ1v) is 9.63.